The van der Waals surface area contributed by atoms with Gasteiger partial charge in [0.05, 0.1) is 6.42 Å². The van der Waals surface area contributed by atoms with Crippen LogP contribution in [0.25, 0.3) is 0 Å². The van der Waals surface area contributed by atoms with E-state index in [2.05, 4.69) is 22.6 Å². The highest BCUT2D eigenvalue weighted by Gasteiger charge is 2.14. The largest absolute Gasteiger partial charge is 0.341 e. The van der Waals surface area contributed by atoms with Gasteiger partial charge >= 0.3 is 0 Å². The van der Waals surface area contributed by atoms with Crippen molar-refractivity contribution in [2.24, 2.45) is 5.73 Å². The second kappa shape index (κ2) is 6.20. The van der Waals surface area contributed by atoms with Crippen LogP contribution in [0.2, 0.25) is 0 Å². The number of benzene rings is 1. The van der Waals surface area contributed by atoms with Crippen LogP contribution in [0.5, 0.6) is 0 Å². The fraction of sp³-hybridized carbons (Fsp3) is 0.417. The van der Waals surface area contributed by atoms with Crippen molar-refractivity contribution in [2.45, 2.75) is 19.4 Å². The quantitative estimate of drug-likeness (QED) is 0.852. The molecule has 0 aliphatic heterocycles. The standard InChI is InChI=1S/C12H17IN2O/c1-9(8-14)15(2)12(16)7-10-4-3-5-11(13)6-10/h3-6,9H,7-8,14H2,1-2H3. The zero-order valence-electron chi connectivity index (χ0n) is 9.61. The molecule has 1 unspecified atom stereocenters. The summed E-state index contributed by atoms with van der Waals surface area (Å²) in [6.45, 7) is 2.45. The highest BCUT2D eigenvalue weighted by Crippen LogP contribution is 2.09. The monoisotopic (exact) mass is 332 g/mol. The van der Waals surface area contributed by atoms with Crippen molar-refractivity contribution in [1.82, 2.24) is 4.90 Å². The summed E-state index contributed by atoms with van der Waals surface area (Å²) < 4.78 is 1.15. The molecule has 0 radical (unpaired) electrons. The van der Waals surface area contributed by atoms with Gasteiger partial charge in [0.25, 0.3) is 0 Å². The Labute approximate surface area is 110 Å². The van der Waals surface area contributed by atoms with Gasteiger partial charge in [-0.3, -0.25) is 4.79 Å². The highest BCUT2D eigenvalue weighted by atomic mass is 127. The third-order valence-electron chi connectivity index (χ3n) is 2.64. The van der Waals surface area contributed by atoms with Crippen LogP contribution in [0.15, 0.2) is 24.3 Å². The molecule has 0 saturated carbocycles. The van der Waals surface area contributed by atoms with Gasteiger partial charge in [-0.1, -0.05) is 12.1 Å². The van der Waals surface area contributed by atoms with Crippen LogP contribution < -0.4 is 5.73 Å². The van der Waals surface area contributed by atoms with Crippen LogP contribution in [0.3, 0.4) is 0 Å². The molecular formula is C12H17IN2O. The number of carbonyl (C=O) groups excluding carboxylic acids is 1. The third kappa shape index (κ3) is 3.75. The first-order valence-electron chi connectivity index (χ1n) is 5.24. The first-order valence-corrected chi connectivity index (χ1v) is 6.32. The van der Waals surface area contributed by atoms with E-state index in [1.165, 1.54) is 0 Å². The molecule has 1 aromatic carbocycles. The minimum Gasteiger partial charge on any atom is -0.341 e. The maximum absolute atomic E-state index is 11.9. The van der Waals surface area contributed by atoms with E-state index in [4.69, 9.17) is 5.73 Å². The van der Waals surface area contributed by atoms with Crippen LogP contribution in [0.4, 0.5) is 0 Å². The summed E-state index contributed by atoms with van der Waals surface area (Å²) in [4.78, 5) is 13.6. The lowest BCUT2D eigenvalue weighted by Gasteiger charge is -2.23. The van der Waals surface area contributed by atoms with Gasteiger partial charge in [0.1, 0.15) is 0 Å². The van der Waals surface area contributed by atoms with E-state index in [-0.39, 0.29) is 11.9 Å². The van der Waals surface area contributed by atoms with Crippen LogP contribution in [-0.2, 0) is 11.2 Å². The molecule has 16 heavy (non-hydrogen) atoms. The first-order chi connectivity index (χ1) is 7.54. The van der Waals surface area contributed by atoms with Gasteiger partial charge in [-0.25, -0.2) is 0 Å². The number of hydrogen-bond donors (Lipinski definition) is 1. The van der Waals surface area contributed by atoms with E-state index in [1.54, 1.807) is 11.9 Å². The summed E-state index contributed by atoms with van der Waals surface area (Å²) in [6.07, 6.45) is 0.442. The number of halogens is 1. The zero-order valence-corrected chi connectivity index (χ0v) is 11.8. The Kier molecular flexibility index (Phi) is 5.21. The molecule has 0 heterocycles. The number of rotatable bonds is 4. The van der Waals surface area contributed by atoms with Crippen molar-refractivity contribution in [3.63, 3.8) is 0 Å². The Balaban J connectivity index is 2.64. The van der Waals surface area contributed by atoms with Gasteiger partial charge in [0, 0.05) is 23.2 Å². The maximum atomic E-state index is 11.9. The molecule has 1 rings (SSSR count). The fourth-order valence-corrected chi connectivity index (χ4v) is 1.96. The lowest BCUT2D eigenvalue weighted by atomic mass is 10.1. The van der Waals surface area contributed by atoms with Gasteiger partial charge in [0.15, 0.2) is 0 Å². The van der Waals surface area contributed by atoms with Gasteiger partial charge < -0.3 is 10.6 Å². The molecule has 1 aromatic rings. The Morgan fingerprint density at radius 3 is 2.81 bits per heavy atom. The maximum Gasteiger partial charge on any atom is 0.227 e. The summed E-state index contributed by atoms with van der Waals surface area (Å²) in [5.74, 6) is 0.111. The summed E-state index contributed by atoms with van der Waals surface area (Å²) in [5.41, 5.74) is 6.58. The molecule has 1 amide bonds. The average molecular weight is 332 g/mol. The van der Waals surface area contributed by atoms with Crippen LogP contribution in [-0.4, -0.2) is 30.4 Å². The molecule has 4 heteroatoms. The topological polar surface area (TPSA) is 46.3 Å². The minimum absolute atomic E-state index is 0.0929. The number of nitrogens with zero attached hydrogens (tertiary/aromatic N) is 1. The number of amides is 1. The molecule has 0 spiro atoms. The summed E-state index contributed by atoms with van der Waals surface area (Å²) in [7, 11) is 1.80. The van der Waals surface area contributed by atoms with Crippen LogP contribution in [0, 0.1) is 3.57 Å². The van der Waals surface area contributed by atoms with E-state index < -0.39 is 0 Å². The zero-order chi connectivity index (χ0) is 12.1. The van der Waals surface area contributed by atoms with Crippen molar-refractivity contribution < 1.29 is 4.79 Å². The highest BCUT2D eigenvalue weighted by molar-refractivity contribution is 14.1. The van der Waals surface area contributed by atoms with Gasteiger partial charge in [0.2, 0.25) is 5.91 Å². The van der Waals surface area contributed by atoms with Crippen molar-refractivity contribution in [2.75, 3.05) is 13.6 Å². The normalized spacial score (nSPS) is 12.2. The lowest BCUT2D eigenvalue weighted by Crippen LogP contribution is -2.40. The van der Waals surface area contributed by atoms with Gasteiger partial charge in [-0.15, -0.1) is 0 Å². The van der Waals surface area contributed by atoms with Crippen molar-refractivity contribution in [3.8, 4) is 0 Å². The van der Waals surface area contributed by atoms with E-state index in [9.17, 15) is 4.79 Å². The molecule has 2 N–H and O–H groups in total. The molecular weight excluding hydrogens is 315 g/mol. The van der Waals surface area contributed by atoms with E-state index in [0.717, 1.165) is 9.13 Å². The average Bonchev–Trinajstić information content (AvgIpc) is 2.27. The van der Waals surface area contributed by atoms with Crippen molar-refractivity contribution in [3.05, 3.63) is 33.4 Å². The van der Waals surface area contributed by atoms with E-state index >= 15 is 0 Å². The number of nitrogens with two attached hydrogens (primary N) is 1. The van der Waals surface area contributed by atoms with Crippen molar-refractivity contribution in [1.29, 1.82) is 0 Å². The third-order valence-corrected chi connectivity index (χ3v) is 3.31. The molecule has 0 saturated heterocycles. The molecule has 0 fully saturated rings. The smallest absolute Gasteiger partial charge is 0.227 e. The molecule has 0 aliphatic rings. The summed E-state index contributed by atoms with van der Waals surface area (Å²) in [5, 5.41) is 0. The van der Waals surface area contributed by atoms with E-state index in [0.29, 0.717) is 13.0 Å². The molecule has 1 atom stereocenters. The Hall–Kier alpha value is -0.620. The molecule has 88 valence electrons. The number of hydrogen-bond acceptors (Lipinski definition) is 2. The van der Waals surface area contributed by atoms with Gasteiger partial charge in [-0.05, 0) is 47.2 Å². The summed E-state index contributed by atoms with van der Waals surface area (Å²) in [6, 6.07) is 8.08. The first kappa shape index (κ1) is 13.4. The van der Waals surface area contributed by atoms with Crippen LogP contribution >= 0.6 is 22.6 Å². The predicted molar refractivity (Wildman–Crippen MR) is 74.1 cm³/mol. The van der Waals surface area contributed by atoms with Crippen molar-refractivity contribution >= 4 is 28.5 Å². The molecule has 3 nitrogen and oxygen atoms in total. The van der Waals surface area contributed by atoms with E-state index in [1.807, 2.05) is 31.2 Å². The Morgan fingerprint density at radius 2 is 2.25 bits per heavy atom. The minimum atomic E-state index is 0.0929. The second-order valence-electron chi connectivity index (χ2n) is 3.90. The van der Waals surface area contributed by atoms with Gasteiger partial charge in [-0.2, -0.15) is 0 Å². The number of likely N-dealkylation sites (N-methyl/N-ethyl adjacent to an activating group) is 1. The fourth-order valence-electron chi connectivity index (χ4n) is 1.35. The number of carbonyl (C=O) groups is 1. The molecule has 0 bridgehead atoms. The van der Waals surface area contributed by atoms with Crippen LogP contribution in [0.1, 0.15) is 12.5 Å². The lowest BCUT2D eigenvalue weighted by molar-refractivity contribution is -0.130. The Bertz CT molecular complexity index is 368. The molecule has 0 aromatic heterocycles. The summed E-state index contributed by atoms with van der Waals surface area (Å²) >= 11 is 2.25. The Morgan fingerprint density at radius 1 is 1.56 bits per heavy atom. The second-order valence-corrected chi connectivity index (χ2v) is 5.14. The SMILES string of the molecule is CC(CN)N(C)C(=O)Cc1cccc(I)c1. The predicted octanol–water partition coefficient (Wildman–Crippen LogP) is 1.64. The molecule has 0 aliphatic carbocycles.